The van der Waals surface area contributed by atoms with Gasteiger partial charge in [0.15, 0.2) is 0 Å². The van der Waals surface area contributed by atoms with Crippen molar-refractivity contribution in [1.82, 2.24) is 18.3 Å². The zero-order valence-corrected chi connectivity index (χ0v) is 59.1. The van der Waals surface area contributed by atoms with E-state index in [1.807, 2.05) is 146 Å². The van der Waals surface area contributed by atoms with Crippen LogP contribution in [0.25, 0.3) is 132 Å². The van der Waals surface area contributed by atoms with Gasteiger partial charge in [-0.05, 0) is 194 Å². The highest BCUT2D eigenvalue weighted by Gasteiger charge is 2.45. The molecule has 0 unspecified atom stereocenters. The maximum atomic E-state index is 11.6. The Labute approximate surface area is 644 Å². The van der Waals surface area contributed by atoms with E-state index in [1.54, 1.807) is 0 Å². The standard InChI is InChI=1S/C99H72BN7/c1-98(2,3)67-42-49-90-80(54-67)81-55-68(99(4,5)6)43-50-91(81)103(90)71-46-47-82-93(57-71)104(69-44-41-64(61-101)92(56-69)107-88-39-23-17-33-78(88)79-34-18-24-40-89(79)107)95-59-73(105-86-37-21-15-31-76(86)77-32-16-22-38-87(77)105)60-96-97(95)100(82)83-48-45-70(102-84-35-19-13-29-74(84)75-30-14-20-36-85(75)102)58-94(83)106(96)72-52-65(62-25-9-7-10-26-62)51-66(53-72)63-27-11-8-12-28-63/h7-60H,1-6H3/i13D,14D,15D,16D,19D,20D,21D,22D,29D,30D,31D,32D,35D,36D,37D,38D. The molecule has 2 aliphatic heterocycles. The van der Waals surface area contributed by atoms with Crippen LogP contribution in [0.4, 0.5) is 34.1 Å². The average molecular weight is 1390 g/mol. The zero-order valence-electron chi connectivity index (χ0n) is 75.1. The highest BCUT2D eigenvalue weighted by atomic mass is 15.2. The van der Waals surface area contributed by atoms with Gasteiger partial charge in [0.2, 0.25) is 0 Å². The summed E-state index contributed by atoms with van der Waals surface area (Å²) < 4.78 is 161. The number of anilines is 6. The van der Waals surface area contributed by atoms with E-state index in [0.717, 1.165) is 88.1 Å². The smallest absolute Gasteiger partial charge is 0.252 e. The first-order valence-corrected chi connectivity index (χ1v) is 35.9. The predicted molar refractivity (Wildman–Crippen MR) is 451 cm³/mol. The number of rotatable bonds is 8. The molecule has 7 nitrogen and oxygen atoms in total. The molecule has 506 valence electrons. The van der Waals surface area contributed by atoms with E-state index in [4.69, 9.17) is 2.74 Å². The summed E-state index contributed by atoms with van der Waals surface area (Å²) in [5.74, 6) is 0. The third kappa shape index (κ3) is 9.46. The Morgan fingerprint density at radius 3 is 1.13 bits per heavy atom. The predicted octanol–water partition coefficient (Wildman–Crippen LogP) is 24.0. The van der Waals surface area contributed by atoms with E-state index in [1.165, 1.54) is 9.13 Å². The molecule has 0 aliphatic carbocycles. The fraction of sp³-hybridized carbons (Fsp3) is 0.0808. The van der Waals surface area contributed by atoms with Gasteiger partial charge in [-0.3, -0.25) is 0 Å². The van der Waals surface area contributed by atoms with Gasteiger partial charge in [-0.2, -0.15) is 5.26 Å². The lowest BCUT2D eigenvalue weighted by atomic mass is 9.33. The molecular weight excluding hydrogens is 1300 g/mol. The molecule has 15 aromatic carbocycles. The normalized spacial score (nSPS) is 15.0. The topological polar surface area (TPSA) is 50.0 Å². The van der Waals surface area contributed by atoms with Gasteiger partial charge < -0.3 is 28.1 Å². The average Bonchev–Trinajstić information content (AvgIpc) is 1.68. The largest absolute Gasteiger partial charge is 0.311 e. The van der Waals surface area contributed by atoms with E-state index in [9.17, 15) is 24.5 Å². The van der Waals surface area contributed by atoms with Crippen molar-refractivity contribution in [1.29, 1.82) is 5.26 Å². The van der Waals surface area contributed by atoms with Crippen molar-refractivity contribution in [3.05, 3.63) is 344 Å². The number of nitriles is 1. The van der Waals surface area contributed by atoms with Crippen LogP contribution in [0.1, 0.15) is 80.2 Å². The second-order valence-corrected chi connectivity index (χ2v) is 30.0. The third-order valence-electron chi connectivity index (χ3n) is 21.9. The Hall–Kier alpha value is -13.3. The summed E-state index contributed by atoms with van der Waals surface area (Å²) >= 11 is 0. The molecule has 19 aromatic rings. The molecule has 21 rings (SSSR count). The van der Waals surface area contributed by atoms with Gasteiger partial charge in [0, 0.05) is 88.6 Å². The highest BCUT2D eigenvalue weighted by Crippen LogP contribution is 2.51. The van der Waals surface area contributed by atoms with E-state index < -0.39 is 103 Å². The van der Waals surface area contributed by atoms with Gasteiger partial charge in [0.1, 0.15) is 6.07 Å². The lowest BCUT2D eigenvalue weighted by molar-refractivity contribution is 0.590. The number of nitrogens with zero attached hydrogens (tertiary/aromatic N) is 7. The van der Waals surface area contributed by atoms with Crippen molar-refractivity contribution in [2.24, 2.45) is 0 Å². The summed E-state index contributed by atoms with van der Waals surface area (Å²) in [4.78, 5) is 4.26. The number of para-hydroxylation sites is 6. The van der Waals surface area contributed by atoms with Gasteiger partial charge in [-0.1, -0.05) is 235 Å². The first-order chi connectivity index (χ1) is 58.9. The Balaban J connectivity index is 0.971. The van der Waals surface area contributed by atoms with Crippen LogP contribution in [0.5, 0.6) is 0 Å². The van der Waals surface area contributed by atoms with Gasteiger partial charge in [-0.25, -0.2) is 0 Å². The number of benzene rings is 15. The monoisotopic (exact) mass is 1390 g/mol. The van der Waals surface area contributed by atoms with Crippen molar-refractivity contribution < 1.29 is 21.9 Å². The molecule has 107 heavy (non-hydrogen) atoms. The number of aromatic nitrogens is 4. The number of hydrogen-bond donors (Lipinski definition) is 0. The van der Waals surface area contributed by atoms with E-state index >= 15 is 0 Å². The minimum atomic E-state index is -0.826. The molecule has 0 bridgehead atoms. The van der Waals surface area contributed by atoms with Crippen molar-refractivity contribution in [2.75, 3.05) is 9.80 Å². The summed E-state index contributed by atoms with van der Waals surface area (Å²) in [5, 5.41) is 15.1. The summed E-state index contributed by atoms with van der Waals surface area (Å²) in [6.45, 7) is 12.4. The molecule has 2 aliphatic rings. The molecule has 0 radical (unpaired) electrons. The third-order valence-corrected chi connectivity index (χ3v) is 21.9. The van der Waals surface area contributed by atoms with Crippen LogP contribution >= 0.6 is 0 Å². The highest BCUT2D eigenvalue weighted by molar-refractivity contribution is 7.00. The second-order valence-electron chi connectivity index (χ2n) is 30.0. The minimum Gasteiger partial charge on any atom is -0.311 e. The molecule has 6 heterocycles. The molecule has 4 aromatic heterocycles. The zero-order chi connectivity index (χ0) is 85.6. The van der Waals surface area contributed by atoms with E-state index in [-0.39, 0.29) is 65.8 Å². The maximum Gasteiger partial charge on any atom is 0.252 e. The number of hydrogen-bond acceptors (Lipinski definition) is 3. The van der Waals surface area contributed by atoms with Crippen LogP contribution in [0, 0.1) is 11.3 Å². The molecule has 0 amide bonds. The van der Waals surface area contributed by atoms with Gasteiger partial charge >= 0.3 is 0 Å². The Bertz CT molecular complexity index is 7690. The van der Waals surface area contributed by atoms with Crippen molar-refractivity contribution in [2.45, 2.75) is 52.4 Å². The molecule has 0 atom stereocenters. The van der Waals surface area contributed by atoms with E-state index in [0.29, 0.717) is 56.3 Å². The van der Waals surface area contributed by atoms with Crippen molar-refractivity contribution >= 4 is 144 Å². The summed E-state index contributed by atoms with van der Waals surface area (Å²) in [7, 11) is 0. The van der Waals surface area contributed by atoms with Crippen LogP contribution in [0.2, 0.25) is 0 Å². The minimum absolute atomic E-state index is 0.101. The van der Waals surface area contributed by atoms with Crippen LogP contribution in [-0.2, 0) is 10.8 Å². The van der Waals surface area contributed by atoms with Crippen molar-refractivity contribution in [3.63, 3.8) is 0 Å². The summed E-state index contributed by atoms with van der Waals surface area (Å²) in [6, 6.07) is 70.9. The second kappa shape index (κ2) is 23.3. The molecule has 0 saturated heterocycles. The maximum absolute atomic E-state index is 11.6. The van der Waals surface area contributed by atoms with Crippen LogP contribution in [0.3, 0.4) is 0 Å². The Morgan fingerprint density at radius 2 is 0.673 bits per heavy atom. The van der Waals surface area contributed by atoms with Gasteiger partial charge in [0.25, 0.3) is 6.71 Å². The van der Waals surface area contributed by atoms with Crippen LogP contribution in [0.15, 0.2) is 327 Å². The van der Waals surface area contributed by atoms with Crippen LogP contribution in [-0.4, -0.2) is 25.0 Å². The van der Waals surface area contributed by atoms with E-state index in [2.05, 4.69) is 151 Å². The summed E-state index contributed by atoms with van der Waals surface area (Å²) in [6.07, 6.45) is 0. The quantitative estimate of drug-likeness (QED) is 0.142. The Kier molecular flexibility index (Phi) is 10.4. The van der Waals surface area contributed by atoms with Crippen LogP contribution < -0.4 is 26.2 Å². The van der Waals surface area contributed by atoms with Gasteiger partial charge in [-0.15, -0.1) is 0 Å². The SMILES string of the molecule is [2H]c1c([2H])c([2H])c2c(c1[2H])c1c([2H])c([2H])c([2H])c([2H])c1n2-c1ccc2c(c1)N(c1cc(-c3ccccc3)cc(-c3ccccc3)c1)c1cc(-n3c4c([2H])c([2H])c([2H])c([2H])c4c4c([2H])c([2H])c([2H])c([2H])c43)cc3c1B2c1ccc(-n2c4ccc(C(C)(C)C)cc4c4cc(C(C)(C)C)ccc42)cc1N3c1ccc(C#N)c(-n2c3ccccc3c3ccccc32)c1. The lowest BCUT2D eigenvalue weighted by Crippen LogP contribution is -2.61. The molecule has 0 fully saturated rings. The molecule has 8 heteroatoms. The molecule has 0 spiro atoms. The number of fused-ring (bicyclic) bond motifs is 16. The molecular formula is C99H72BN7. The van der Waals surface area contributed by atoms with Crippen molar-refractivity contribution in [3.8, 4) is 51.1 Å². The molecule has 0 saturated carbocycles. The van der Waals surface area contributed by atoms with Gasteiger partial charge in [0.05, 0.1) is 83.0 Å². The Morgan fingerprint density at radius 1 is 0.290 bits per heavy atom. The first kappa shape index (κ1) is 47.8. The fourth-order valence-electron chi connectivity index (χ4n) is 17.0. The fourth-order valence-corrected chi connectivity index (χ4v) is 17.0. The summed E-state index contributed by atoms with van der Waals surface area (Å²) in [5.41, 5.74) is 15.6. The first-order valence-electron chi connectivity index (χ1n) is 43.9. The lowest BCUT2D eigenvalue weighted by Gasteiger charge is -2.45. The molecule has 0 N–H and O–H groups in total.